The molecule has 2 aliphatic heterocycles. The lowest BCUT2D eigenvalue weighted by molar-refractivity contribution is 0.590. The van der Waals surface area contributed by atoms with E-state index in [1.807, 2.05) is 0 Å². The van der Waals surface area contributed by atoms with Crippen molar-refractivity contribution in [3.05, 3.63) is 229 Å². The largest absolute Gasteiger partial charge is 0.455 e. The fourth-order valence-electron chi connectivity index (χ4n) is 12.1. The van der Waals surface area contributed by atoms with Crippen molar-refractivity contribution in [3.63, 3.8) is 0 Å². The van der Waals surface area contributed by atoms with Gasteiger partial charge in [0.25, 0.3) is 0 Å². The van der Waals surface area contributed by atoms with Crippen molar-refractivity contribution in [1.29, 1.82) is 0 Å². The summed E-state index contributed by atoms with van der Waals surface area (Å²) >= 11 is 0. The van der Waals surface area contributed by atoms with Crippen molar-refractivity contribution in [2.45, 2.75) is 85.5 Å². The fraction of sp³-hybridized carbons (Fsp3) is 0.183. The predicted octanol–water partition coefficient (Wildman–Crippen LogP) is 18.8. The second-order valence-corrected chi connectivity index (χ2v) is 24.3. The monoisotopic (exact) mass is 986 g/mol. The van der Waals surface area contributed by atoms with E-state index in [2.05, 4.69) is 290 Å². The zero-order chi connectivity index (χ0) is 52.4. The van der Waals surface area contributed by atoms with Gasteiger partial charge in [0.15, 0.2) is 0 Å². The first-order valence-corrected chi connectivity index (χ1v) is 27.0. The summed E-state index contributed by atoms with van der Waals surface area (Å²) in [5.41, 5.74) is 23.1. The van der Waals surface area contributed by atoms with Crippen molar-refractivity contribution < 1.29 is 4.42 Å². The van der Waals surface area contributed by atoms with Crippen LogP contribution in [0.4, 0.5) is 45.5 Å². The molecule has 0 unspecified atom stereocenters. The van der Waals surface area contributed by atoms with Crippen LogP contribution in [0, 0.1) is 6.92 Å². The van der Waals surface area contributed by atoms with E-state index >= 15 is 0 Å². The second kappa shape index (κ2) is 17.4. The predicted molar refractivity (Wildman–Crippen MR) is 326 cm³/mol. The number of furan rings is 1. The second-order valence-electron chi connectivity index (χ2n) is 24.3. The van der Waals surface area contributed by atoms with E-state index in [-0.39, 0.29) is 23.1 Å². The molecule has 0 N–H and O–H groups in total. The van der Waals surface area contributed by atoms with E-state index in [0.29, 0.717) is 0 Å². The quantitative estimate of drug-likeness (QED) is 0.155. The normalized spacial score (nSPS) is 13.3. The number of para-hydroxylation sites is 1. The SMILES string of the molecule is Cc1cc(-c2ccccc2)ccc1N1c2ccc(N(c3ccc(C(C)(C)C)cc3)c3ccc(C(C)(C)C)cc3)cc2B2c3c1cc1c(oc4ccccc41)c3-c1c(ccc3ccccc13)N2c1ccc(C(C)(C)C)cc1. The van der Waals surface area contributed by atoms with Gasteiger partial charge in [-0.2, -0.15) is 0 Å². The van der Waals surface area contributed by atoms with E-state index < -0.39 is 0 Å². The van der Waals surface area contributed by atoms with Crippen LogP contribution in [0.5, 0.6) is 0 Å². The number of fused-ring (bicyclic) bond motifs is 10. The number of hydrogen-bond acceptors (Lipinski definition) is 4. The Labute approximate surface area is 449 Å². The first kappa shape index (κ1) is 47.4. The minimum atomic E-state index is -0.264. The fourth-order valence-corrected chi connectivity index (χ4v) is 12.1. The maximum atomic E-state index is 7.24. The smallest absolute Gasteiger partial charge is 0.333 e. The Hall–Kier alpha value is -8.28. The van der Waals surface area contributed by atoms with Crippen LogP contribution in [0.2, 0.25) is 0 Å². The van der Waals surface area contributed by atoms with Crippen molar-refractivity contribution in [1.82, 2.24) is 0 Å². The van der Waals surface area contributed by atoms with Crippen LogP contribution >= 0.6 is 0 Å². The van der Waals surface area contributed by atoms with Gasteiger partial charge in [0, 0.05) is 67.4 Å². The van der Waals surface area contributed by atoms with Crippen LogP contribution in [0.15, 0.2) is 211 Å². The molecule has 1 aromatic heterocycles. The Kier molecular flexibility index (Phi) is 10.9. The third-order valence-corrected chi connectivity index (χ3v) is 16.2. The molecule has 11 aromatic rings. The number of benzene rings is 10. The molecule has 4 nitrogen and oxygen atoms in total. The van der Waals surface area contributed by atoms with Gasteiger partial charge in [0.05, 0.1) is 0 Å². The molecule has 0 fully saturated rings. The molecule has 5 heteroatoms. The highest BCUT2D eigenvalue weighted by Gasteiger charge is 2.47. The third-order valence-electron chi connectivity index (χ3n) is 16.2. The molecule has 0 atom stereocenters. The van der Waals surface area contributed by atoms with Gasteiger partial charge in [0.1, 0.15) is 11.2 Å². The summed E-state index contributed by atoms with van der Waals surface area (Å²) in [6, 6.07) is 77.4. The number of nitrogens with zero attached hydrogens (tertiary/aromatic N) is 3. The first-order valence-electron chi connectivity index (χ1n) is 27.0. The highest BCUT2D eigenvalue weighted by atomic mass is 16.3. The lowest BCUT2D eigenvalue weighted by Gasteiger charge is -2.46. The standard InChI is InChI=1S/C71H64BN3O/c1-45-42-48(46-18-12-11-13-19-46)25-39-60(45)74-61-41-38-55(73(52-32-26-49(27-33-52)69(2,3)4)53-34-28-50(29-35-53)70(5,6)7)43-59(61)72-67-63(74)44-58-57-22-16-17-23-64(57)76-68(58)66(67)65-56-21-15-14-20-47(56)24-40-62(65)75(72)54-36-30-51(31-37-54)71(8,9)10/h11-44H,1-10H3. The van der Waals surface area contributed by atoms with Crippen LogP contribution < -0.4 is 25.5 Å². The zero-order valence-corrected chi connectivity index (χ0v) is 45.5. The Balaban J connectivity index is 1.15. The number of anilines is 8. The molecule has 0 amide bonds. The van der Waals surface area contributed by atoms with Crippen LogP contribution in [-0.2, 0) is 16.2 Å². The summed E-state index contributed by atoms with van der Waals surface area (Å²) in [5, 5.41) is 4.61. The van der Waals surface area contributed by atoms with Crippen molar-refractivity contribution in [2.24, 2.45) is 0 Å². The van der Waals surface area contributed by atoms with Crippen molar-refractivity contribution in [3.8, 4) is 22.3 Å². The molecule has 76 heavy (non-hydrogen) atoms. The van der Waals surface area contributed by atoms with Crippen LogP contribution in [0.1, 0.15) is 84.6 Å². The molecule has 3 heterocycles. The summed E-state index contributed by atoms with van der Waals surface area (Å²) in [6.07, 6.45) is 0. The molecular weight excluding hydrogens is 922 g/mol. The number of rotatable bonds is 6. The van der Waals surface area contributed by atoms with Crippen molar-refractivity contribution in [2.75, 3.05) is 14.6 Å². The van der Waals surface area contributed by atoms with E-state index in [9.17, 15) is 0 Å². The third kappa shape index (κ3) is 7.73. The first-order chi connectivity index (χ1) is 36.5. The molecule has 372 valence electrons. The van der Waals surface area contributed by atoms with Crippen LogP contribution in [-0.4, -0.2) is 6.85 Å². The Morgan fingerprint density at radius 1 is 0.421 bits per heavy atom. The molecule has 0 aliphatic carbocycles. The summed E-state index contributed by atoms with van der Waals surface area (Å²) in [6.45, 7) is 22.6. The van der Waals surface area contributed by atoms with Crippen LogP contribution in [0.25, 0.3) is 55.0 Å². The zero-order valence-electron chi connectivity index (χ0n) is 45.5. The van der Waals surface area contributed by atoms with Crippen LogP contribution in [0.3, 0.4) is 0 Å². The Morgan fingerprint density at radius 3 is 1.61 bits per heavy atom. The minimum Gasteiger partial charge on any atom is -0.455 e. The lowest BCUT2D eigenvalue weighted by atomic mass is 9.43. The topological polar surface area (TPSA) is 22.9 Å². The molecule has 0 saturated heterocycles. The molecule has 0 bridgehead atoms. The number of aryl methyl sites for hydroxylation is 1. The van der Waals surface area contributed by atoms with Gasteiger partial charge in [-0.05, 0) is 163 Å². The van der Waals surface area contributed by atoms with Gasteiger partial charge < -0.3 is 19.0 Å². The highest BCUT2D eigenvalue weighted by molar-refractivity contribution is 6.94. The number of hydrogen-bond donors (Lipinski definition) is 0. The van der Waals surface area contributed by atoms with E-state index in [4.69, 9.17) is 4.42 Å². The molecule has 0 radical (unpaired) electrons. The molecule has 2 aliphatic rings. The van der Waals surface area contributed by atoms with Crippen molar-refractivity contribution >= 4 is 96.0 Å². The van der Waals surface area contributed by atoms with E-state index in [0.717, 1.165) is 73.0 Å². The van der Waals surface area contributed by atoms with Gasteiger partial charge in [-0.15, -0.1) is 0 Å². The van der Waals surface area contributed by atoms with E-state index in [1.54, 1.807) is 0 Å². The molecule has 13 rings (SSSR count). The van der Waals surface area contributed by atoms with Gasteiger partial charge in [-0.1, -0.05) is 184 Å². The molecular formula is C71H64BN3O. The summed E-state index contributed by atoms with van der Waals surface area (Å²) in [4.78, 5) is 7.66. The average Bonchev–Trinajstić information content (AvgIpc) is 3.84. The van der Waals surface area contributed by atoms with E-state index in [1.165, 1.54) is 60.6 Å². The van der Waals surface area contributed by atoms with Gasteiger partial charge in [0.2, 0.25) is 0 Å². The molecule has 0 spiro atoms. The minimum absolute atomic E-state index is 0.0118. The maximum absolute atomic E-state index is 7.24. The lowest BCUT2D eigenvalue weighted by Crippen LogP contribution is -2.61. The molecule has 10 aromatic carbocycles. The van der Waals surface area contributed by atoms with Gasteiger partial charge >= 0.3 is 6.85 Å². The average molecular weight is 986 g/mol. The van der Waals surface area contributed by atoms with Gasteiger partial charge in [-0.3, -0.25) is 0 Å². The summed E-state index contributed by atoms with van der Waals surface area (Å²) in [7, 11) is 0. The summed E-state index contributed by atoms with van der Waals surface area (Å²) in [5.74, 6) is 0. The Morgan fingerprint density at radius 2 is 0.974 bits per heavy atom. The summed E-state index contributed by atoms with van der Waals surface area (Å²) < 4.78 is 7.24. The highest BCUT2D eigenvalue weighted by Crippen LogP contribution is 2.53. The maximum Gasteiger partial charge on any atom is 0.333 e. The van der Waals surface area contributed by atoms with Gasteiger partial charge in [-0.25, -0.2) is 0 Å². The molecule has 0 saturated carbocycles. The Bertz CT molecular complexity index is 4000.